The fraction of sp³-hybridized carbons (Fsp3) is 0.364. The Labute approximate surface area is 120 Å². The molecular weight excluding hydrogens is 308 g/mol. The number of carbonyl (C=O) groups is 1. The molecule has 0 aliphatic carbocycles. The molecule has 1 saturated heterocycles. The Balaban J connectivity index is 2.07. The van der Waals surface area contributed by atoms with Gasteiger partial charge in [0.2, 0.25) is 0 Å². The molecule has 1 heterocycles. The minimum absolute atomic E-state index is 0.125. The summed E-state index contributed by atoms with van der Waals surface area (Å²) in [5.41, 5.74) is 0.0870. The number of sulfone groups is 1. The number of nitrogens with zero attached hydrogens (tertiary/aromatic N) is 1. The van der Waals surface area contributed by atoms with E-state index < -0.39 is 32.1 Å². The topological polar surface area (TPSA) is 106 Å². The summed E-state index contributed by atoms with van der Waals surface area (Å²) in [4.78, 5) is 21.8. The van der Waals surface area contributed by atoms with Crippen molar-refractivity contribution in [1.29, 1.82) is 0 Å². The van der Waals surface area contributed by atoms with Crippen LogP contribution in [0.2, 0.25) is 0 Å². The number of benzene rings is 1. The first kappa shape index (κ1) is 14.7. The van der Waals surface area contributed by atoms with Crippen LogP contribution < -0.4 is 5.32 Å². The van der Waals surface area contributed by atoms with E-state index in [2.05, 4.69) is 5.32 Å². The van der Waals surface area contributed by atoms with Crippen molar-refractivity contribution >= 4 is 33.0 Å². The molecule has 0 radical (unpaired) electrons. The molecule has 1 aliphatic heterocycles. The summed E-state index contributed by atoms with van der Waals surface area (Å²) in [7, 11) is -3.23. The molecule has 1 N–H and O–H groups in total. The number of nitro groups is 1. The van der Waals surface area contributed by atoms with Gasteiger partial charge in [0.1, 0.15) is 0 Å². The zero-order valence-corrected chi connectivity index (χ0v) is 11.7. The van der Waals surface area contributed by atoms with Gasteiger partial charge in [0.25, 0.3) is 11.6 Å². The lowest BCUT2D eigenvalue weighted by molar-refractivity contribution is -0.384. The first-order valence-electron chi connectivity index (χ1n) is 5.68. The number of non-ortho nitro benzene ring substituents is 1. The Bertz CT molecular complexity index is 643. The largest absolute Gasteiger partial charge is 0.347 e. The number of halogens is 1. The number of nitro benzene ring substituents is 1. The maximum absolute atomic E-state index is 11.9. The van der Waals surface area contributed by atoms with E-state index in [-0.39, 0.29) is 22.8 Å². The van der Waals surface area contributed by atoms with Crippen LogP contribution >= 0.6 is 11.6 Å². The van der Waals surface area contributed by atoms with Crippen molar-refractivity contribution in [1.82, 2.24) is 5.32 Å². The molecule has 1 aliphatic rings. The quantitative estimate of drug-likeness (QED) is 0.502. The van der Waals surface area contributed by atoms with Crippen molar-refractivity contribution < 1.29 is 18.1 Å². The Morgan fingerprint density at radius 1 is 1.30 bits per heavy atom. The van der Waals surface area contributed by atoms with Gasteiger partial charge in [-0.25, -0.2) is 8.42 Å². The summed E-state index contributed by atoms with van der Waals surface area (Å²) < 4.78 is 22.8. The highest BCUT2D eigenvalue weighted by Gasteiger charge is 2.37. The van der Waals surface area contributed by atoms with Gasteiger partial charge in [0.15, 0.2) is 9.84 Å². The number of hydrogen-bond donors (Lipinski definition) is 1. The number of nitrogens with one attached hydrogen (secondary N) is 1. The van der Waals surface area contributed by atoms with Crippen molar-refractivity contribution in [2.24, 2.45) is 0 Å². The van der Waals surface area contributed by atoms with Gasteiger partial charge in [-0.2, -0.15) is 0 Å². The number of rotatable bonds is 3. The SMILES string of the molecule is O=C(NC1CS(=O)(=O)CC1Cl)c1ccc([N+](=O)[O-])cc1. The van der Waals surface area contributed by atoms with Gasteiger partial charge in [0.05, 0.1) is 27.8 Å². The van der Waals surface area contributed by atoms with E-state index in [1.807, 2.05) is 0 Å². The molecule has 108 valence electrons. The van der Waals surface area contributed by atoms with Crippen molar-refractivity contribution in [3.05, 3.63) is 39.9 Å². The summed E-state index contributed by atoms with van der Waals surface area (Å²) >= 11 is 5.88. The maximum Gasteiger partial charge on any atom is 0.269 e. The third-order valence-electron chi connectivity index (χ3n) is 2.94. The number of alkyl halides is 1. The lowest BCUT2D eigenvalue weighted by Gasteiger charge is -2.14. The second kappa shape index (κ2) is 5.37. The van der Waals surface area contributed by atoms with Gasteiger partial charge in [0, 0.05) is 17.7 Å². The van der Waals surface area contributed by atoms with Crippen molar-refractivity contribution in [2.75, 3.05) is 11.5 Å². The van der Waals surface area contributed by atoms with Gasteiger partial charge in [-0.3, -0.25) is 14.9 Å². The number of carbonyl (C=O) groups excluding carboxylic acids is 1. The van der Waals surface area contributed by atoms with E-state index >= 15 is 0 Å². The molecule has 1 aromatic carbocycles. The summed E-state index contributed by atoms with van der Waals surface area (Å²) in [5, 5.41) is 12.4. The fourth-order valence-corrected chi connectivity index (χ4v) is 4.47. The van der Waals surface area contributed by atoms with E-state index in [1.165, 1.54) is 24.3 Å². The van der Waals surface area contributed by atoms with Crippen LogP contribution in [0.4, 0.5) is 5.69 Å². The zero-order valence-electron chi connectivity index (χ0n) is 10.2. The van der Waals surface area contributed by atoms with Crippen LogP contribution in [-0.4, -0.2) is 42.2 Å². The van der Waals surface area contributed by atoms with E-state index in [9.17, 15) is 23.3 Å². The van der Waals surface area contributed by atoms with Crippen molar-refractivity contribution in [3.63, 3.8) is 0 Å². The highest BCUT2D eigenvalue weighted by atomic mass is 35.5. The van der Waals surface area contributed by atoms with Crippen LogP contribution in [0, 0.1) is 10.1 Å². The number of amides is 1. The van der Waals surface area contributed by atoms with Gasteiger partial charge in [-0.15, -0.1) is 11.6 Å². The van der Waals surface area contributed by atoms with Crippen molar-refractivity contribution in [3.8, 4) is 0 Å². The molecule has 20 heavy (non-hydrogen) atoms. The van der Waals surface area contributed by atoms with Gasteiger partial charge >= 0.3 is 0 Å². The third-order valence-corrected chi connectivity index (χ3v) is 5.32. The molecule has 7 nitrogen and oxygen atoms in total. The highest BCUT2D eigenvalue weighted by molar-refractivity contribution is 7.91. The summed E-state index contributed by atoms with van der Waals surface area (Å²) in [6, 6.07) is 4.38. The summed E-state index contributed by atoms with van der Waals surface area (Å²) in [5.74, 6) is -0.868. The molecule has 0 spiro atoms. The fourth-order valence-electron chi connectivity index (χ4n) is 1.92. The van der Waals surface area contributed by atoms with Gasteiger partial charge < -0.3 is 5.32 Å². The standard InChI is InChI=1S/C11H11ClN2O5S/c12-9-5-20(18,19)6-10(9)13-11(15)7-1-3-8(4-2-7)14(16)17/h1-4,9-10H,5-6H2,(H,13,15). The normalized spacial score (nSPS) is 24.2. The first-order chi connectivity index (χ1) is 9.28. The van der Waals surface area contributed by atoms with E-state index in [1.54, 1.807) is 0 Å². The van der Waals surface area contributed by atoms with Crippen LogP contribution in [0.25, 0.3) is 0 Å². The first-order valence-corrected chi connectivity index (χ1v) is 7.94. The summed E-state index contributed by atoms with van der Waals surface area (Å²) in [6.45, 7) is 0. The molecule has 2 unspecified atom stereocenters. The lowest BCUT2D eigenvalue weighted by atomic mass is 10.1. The molecular formula is C11H11ClN2O5S. The zero-order chi connectivity index (χ0) is 14.9. The second-order valence-corrected chi connectivity index (χ2v) is 7.19. The van der Waals surface area contributed by atoms with E-state index in [0.717, 1.165) is 0 Å². The van der Waals surface area contributed by atoms with Crippen LogP contribution in [0.3, 0.4) is 0 Å². The van der Waals surface area contributed by atoms with Gasteiger partial charge in [-0.05, 0) is 12.1 Å². The Hall–Kier alpha value is -1.67. The lowest BCUT2D eigenvalue weighted by Crippen LogP contribution is -2.40. The Morgan fingerprint density at radius 2 is 1.90 bits per heavy atom. The van der Waals surface area contributed by atoms with Crippen LogP contribution in [0.5, 0.6) is 0 Å². The third kappa shape index (κ3) is 3.26. The molecule has 0 saturated carbocycles. The van der Waals surface area contributed by atoms with Gasteiger partial charge in [-0.1, -0.05) is 0 Å². The molecule has 2 atom stereocenters. The maximum atomic E-state index is 11.9. The summed E-state index contributed by atoms with van der Waals surface area (Å²) in [6.07, 6.45) is 0. The van der Waals surface area contributed by atoms with Crippen LogP contribution in [-0.2, 0) is 9.84 Å². The average molecular weight is 319 g/mol. The molecule has 2 rings (SSSR count). The molecule has 0 bridgehead atoms. The predicted molar refractivity (Wildman–Crippen MR) is 72.6 cm³/mol. The molecule has 1 fully saturated rings. The minimum Gasteiger partial charge on any atom is -0.347 e. The van der Waals surface area contributed by atoms with Crippen molar-refractivity contribution in [2.45, 2.75) is 11.4 Å². The smallest absolute Gasteiger partial charge is 0.269 e. The Kier molecular flexibility index (Phi) is 3.96. The second-order valence-electron chi connectivity index (χ2n) is 4.48. The average Bonchev–Trinajstić information content (AvgIpc) is 2.62. The predicted octanol–water partition coefficient (Wildman–Crippen LogP) is 0.729. The Morgan fingerprint density at radius 3 is 2.35 bits per heavy atom. The van der Waals surface area contributed by atoms with E-state index in [4.69, 9.17) is 11.6 Å². The number of hydrogen-bond acceptors (Lipinski definition) is 5. The molecule has 1 amide bonds. The monoisotopic (exact) mass is 318 g/mol. The minimum atomic E-state index is -3.23. The van der Waals surface area contributed by atoms with Crippen LogP contribution in [0.1, 0.15) is 10.4 Å². The highest BCUT2D eigenvalue weighted by Crippen LogP contribution is 2.19. The van der Waals surface area contributed by atoms with Crippen LogP contribution in [0.15, 0.2) is 24.3 Å². The molecule has 0 aromatic heterocycles. The molecule has 1 aromatic rings. The van der Waals surface area contributed by atoms with E-state index in [0.29, 0.717) is 0 Å². The molecule has 9 heteroatoms.